The molecule has 5 heteroatoms. The van der Waals surface area contributed by atoms with Crippen LogP contribution in [0.25, 0.3) is 0 Å². The third-order valence-electron chi connectivity index (χ3n) is 3.15. The van der Waals surface area contributed by atoms with Crippen LogP contribution in [0.4, 0.5) is 5.69 Å². The number of rotatable bonds is 4. The molecule has 5 nitrogen and oxygen atoms in total. The highest BCUT2D eigenvalue weighted by Gasteiger charge is 2.09. The molecule has 0 aliphatic carbocycles. The molecule has 0 bridgehead atoms. The van der Waals surface area contributed by atoms with Crippen molar-refractivity contribution in [3.63, 3.8) is 0 Å². The first-order chi connectivity index (χ1) is 10.4. The summed E-state index contributed by atoms with van der Waals surface area (Å²) >= 11 is 0. The summed E-state index contributed by atoms with van der Waals surface area (Å²) in [7, 11) is 0. The molecule has 1 aromatic heterocycles. The van der Waals surface area contributed by atoms with Crippen LogP contribution in [0, 0.1) is 11.3 Å². The Kier molecular flexibility index (Phi) is 3.61. The summed E-state index contributed by atoms with van der Waals surface area (Å²) in [6.07, 6.45) is 3.31. The van der Waals surface area contributed by atoms with E-state index in [0.29, 0.717) is 12.1 Å². The van der Waals surface area contributed by atoms with Gasteiger partial charge in [-0.25, -0.2) is 4.68 Å². The van der Waals surface area contributed by atoms with Gasteiger partial charge in [0.1, 0.15) is 12.7 Å². The minimum Gasteiger partial charge on any atom is -0.274 e. The van der Waals surface area contributed by atoms with Crippen molar-refractivity contribution in [2.75, 3.05) is 5.01 Å². The monoisotopic (exact) mass is 275 g/mol. The third-order valence-corrected chi connectivity index (χ3v) is 3.15. The summed E-state index contributed by atoms with van der Waals surface area (Å²) in [5, 5.41) is 18.7. The number of hydrogen-bond donors (Lipinski definition) is 0. The quantitative estimate of drug-likeness (QED) is 0.734. The van der Waals surface area contributed by atoms with Crippen molar-refractivity contribution in [3.05, 3.63) is 78.4 Å². The van der Waals surface area contributed by atoms with Crippen molar-refractivity contribution < 1.29 is 0 Å². The van der Waals surface area contributed by atoms with Gasteiger partial charge in [0.05, 0.1) is 23.9 Å². The topological polar surface area (TPSA) is 57.7 Å². The first-order valence-corrected chi connectivity index (χ1v) is 6.53. The first kappa shape index (κ1) is 12.9. The molecule has 0 aliphatic rings. The Hall–Kier alpha value is -3.13. The normalized spacial score (nSPS) is 10.0. The Morgan fingerprint density at radius 2 is 1.62 bits per heavy atom. The van der Waals surface area contributed by atoms with Gasteiger partial charge in [-0.1, -0.05) is 30.3 Å². The maximum atomic E-state index is 8.90. The zero-order chi connectivity index (χ0) is 14.5. The summed E-state index contributed by atoms with van der Waals surface area (Å²) in [6, 6.07) is 19.7. The lowest BCUT2D eigenvalue weighted by Crippen LogP contribution is -2.27. The molecule has 0 amide bonds. The zero-order valence-corrected chi connectivity index (χ0v) is 11.3. The van der Waals surface area contributed by atoms with E-state index in [1.54, 1.807) is 24.8 Å². The molecule has 21 heavy (non-hydrogen) atoms. The van der Waals surface area contributed by atoms with Crippen molar-refractivity contribution in [1.29, 1.82) is 5.26 Å². The SMILES string of the molecule is N#Cc1ccc(N(Cc2ccccc2)n2cnnc2)cc1. The highest BCUT2D eigenvalue weighted by molar-refractivity contribution is 5.49. The van der Waals surface area contributed by atoms with E-state index in [0.717, 1.165) is 5.69 Å². The molecular weight excluding hydrogens is 262 g/mol. The van der Waals surface area contributed by atoms with Gasteiger partial charge in [0.2, 0.25) is 0 Å². The predicted octanol–water partition coefficient (Wildman–Crippen LogP) is 2.62. The molecule has 2 aromatic carbocycles. The smallest absolute Gasteiger partial charge is 0.139 e. The molecule has 0 saturated carbocycles. The van der Waals surface area contributed by atoms with Crippen LogP contribution in [0.15, 0.2) is 67.3 Å². The van der Waals surface area contributed by atoms with E-state index in [2.05, 4.69) is 28.4 Å². The number of nitriles is 1. The number of benzene rings is 2. The van der Waals surface area contributed by atoms with Gasteiger partial charge in [0.25, 0.3) is 0 Å². The van der Waals surface area contributed by atoms with E-state index in [9.17, 15) is 0 Å². The summed E-state index contributed by atoms with van der Waals surface area (Å²) < 4.78 is 1.83. The molecule has 0 fully saturated rings. The second-order valence-corrected chi connectivity index (χ2v) is 4.54. The van der Waals surface area contributed by atoms with Gasteiger partial charge in [0, 0.05) is 0 Å². The van der Waals surface area contributed by atoms with Crippen molar-refractivity contribution in [1.82, 2.24) is 14.9 Å². The Bertz CT molecular complexity index is 727. The number of hydrogen-bond acceptors (Lipinski definition) is 4. The Balaban J connectivity index is 1.94. The van der Waals surface area contributed by atoms with E-state index < -0.39 is 0 Å². The second kappa shape index (κ2) is 5.88. The number of anilines is 1. The van der Waals surface area contributed by atoms with Crippen molar-refractivity contribution in [3.8, 4) is 6.07 Å². The van der Waals surface area contributed by atoms with Gasteiger partial charge in [0.15, 0.2) is 0 Å². The maximum absolute atomic E-state index is 8.90. The predicted molar refractivity (Wildman–Crippen MR) is 79.2 cm³/mol. The summed E-state index contributed by atoms with van der Waals surface area (Å²) in [5.74, 6) is 0. The minimum atomic E-state index is 0.641. The van der Waals surface area contributed by atoms with Crippen LogP contribution in [-0.4, -0.2) is 14.9 Å². The lowest BCUT2D eigenvalue weighted by molar-refractivity contribution is 0.686. The highest BCUT2D eigenvalue weighted by atomic mass is 15.6. The molecule has 0 radical (unpaired) electrons. The summed E-state index contributed by atoms with van der Waals surface area (Å²) in [4.78, 5) is 0. The molecule has 102 valence electrons. The molecule has 1 heterocycles. The molecule has 0 N–H and O–H groups in total. The molecule has 0 aliphatic heterocycles. The van der Waals surface area contributed by atoms with Crippen LogP contribution in [0.1, 0.15) is 11.1 Å². The zero-order valence-electron chi connectivity index (χ0n) is 11.3. The van der Waals surface area contributed by atoms with E-state index in [1.165, 1.54) is 5.56 Å². The van der Waals surface area contributed by atoms with Crippen molar-refractivity contribution in [2.45, 2.75) is 6.54 Å². The molecule has 3 rings (SSSR count). The molecule has 0 atom stereocenters. The largest absolute Gasteiger partial charge is 0.274 e. The van der Waals surface area contributed by atoms with E-state index in [1.807, 2.05) is 40.0 Å². The van der Waals surface area contributed by atoms with E-state index in [4.69, 9.17) is 5.26 Å². The van der Waals surface area contributed by atoms with Gasteiger partial charge in [-0.3, -0.25) is 5.01 Å². The van der Waals surface area contributed by atoms with Gasteiger partial charge >= 0.3 is 0 Å². The molecular formula is C16H13N5. The van der Waals surface area contributed by atoms with Crippen molar-refractivity contribution >= 4 is 5.69 Å². The van der Waals surface area contributed by atoms with Crippen LogP contribution in [0.5, 0.6) is 0 Å². The summed E-state index contributed by atoms with van der Waals surface area (Å²) in [6.45, 7) is 0.685. The number of aromatic nitrogens is 3. The standard InChI is InChI=1S/C16H13N5/c17-10-14-6-8-16(9-7-14)21(20-12-18-19-13-20)11-15-4-2-1-3-5-15/h1-9,12-13H,11H2. The summed E-state index contributed by atoms with van der Waals surface area (Å²) in [5.41, 5.74) is 2.79. The molecule has 0 saturated heterocycles. The van der Waals surface area contributed by atoms with Gasteiger partial charge in [-0.2, -0.15) is 5.26 Å². The maximum Gasteiger partial charge on any atom is 0.139 e. The van der Waals surface area contributed by atoms with Crippen LogP contribution >= 0.6 is 0 Å². The lowest BCUT2D eigenvalue weighted by Gasteiger charge is -2.25. The van der Waals surface area contributed by atoms with Crippen LogP contribution in [0.2, 0.25) is 0 Å². The van der Waals surface area contributed by atoms with E-state index >= 15 is 0 Å². The fourth-order valence-electron chi connectivity index (χ4n) is 2.09. The average Bonchev–Trinajstić information content (AvgIpc) is 3.08. The van der Waals surface area contributed by atoms with Gasteiger partial charge in [-0.15, -0.1) is 10.2 Å². The van der Waals surface area contributed by atoms with Crippen LogP contribution in [0.3, 0.4) is 0 Å². The third kappa shape index (κ3) is 2.90. The van der Waals surface area contributed by atoms with Crippen LogP contribution in [-0.2, 0) is 6.54 Å². The first-order valence-electron chi connectivity index (χ1n) is 6.53. The Morgan fingerprint density at radius 1 is 0.952 bits per heavy atom. The molecule has 0 spiro atoms. The average molecular weight is 275 g/mol. The fourth-order valence-corrected chi connectivity index (χ4v) is 2.09. The minimum absolute atomic E-state index is 0.641. The van der Waals surface area contributed by atoms with Gasteiger partial charge in [-0.05, 0) is 29.8 Å². The highest BCUT2D eigenvalue weighted by Crippen LogP contribution is 2.18. The fraction of sp³-hybridized carbons (Fsp3) is 0.0625. The van der Waals surface area contributed by atoms with Crippen LogP contribution < -0.4 is 5.01 Å². The lowest BCUT2D eigenvalue weighted by atomic mass is 10.2. The number of nitrogens with zero attached hydrogens (tertiary/aromatic N) is 5. The Labute approximate surface area is 122 Å². The second-order valence-electron chi connectivity index (χ2n) is 4.54. The molecule has 0 unspecified atom stereocenters. The van der Waals surface area contributed by atoms with E-state index in [-0.39, 0.29) is 0 Å². The Morgan fingerprint density at radius 3 is 2.24 bits per heavy atom. The van der Waals surface area contributed by atoms with Gasteiger partial charge < -0.3 is 0 Å². The van der Waals surface area contributed by atoms with Crippen molar-refractivity contribution in [2.24, 2.45) is 0 Å². The molecule has 3 aromatic rings.